The molecule has 0 nitrogen and oxygen atoms in total. The van der Waals surface area contributed by atoms with Crippen molar-refractivity contribution in [3.8, 4) is 0 Å². The predicted molar refractivity (Wildman–Crippen MR) is 133 cm³/mol. The van der Waals surface area contributed by atoms with Crippen LogP contribution >= 0.6 is 37.9 Å². The molecule has 165 valence electrons. The molecule has 0 aromatic heterocycles. The van der Waals surface area contributed by atoms with Crippen LogP contribution in [0.5, 0.6) is 0 Å². The van der Waals surface area contributed by atoms with Gasteiger partial charge < -0.3 is 0 Å². The third-order valence-corrected chi connectivity index (χ3v) is 5.35. The average molecular weight is 472 g/mol. The van der Waals surface area contributed by atoms with Crippen LogP contribution < -0.4 is 0 Å². The summed E-state index contributed by atoms with van der Waals surface area (Å²) in [6.07, 6.45) is 0. The summed E-state index contributed by atoms with van der Waals surface area (Å²) in [5.74, 6) is 0. The summed E-state index contributed by atoms with van der Waals surface area (Å²) in [6, 6.07) is 18.4. The van der Waals surface area contributed by atoms with Gasteiger partial charge in [-0.25, -0.2) is 0 Å². The van der Waals surface area contributed by atoms with Gasteiger partial charge in [-0.2, -0.15) is 0 Å². The molecule has 0 unspecified atom stereocenters. The largest absolute Gasteiger partial charge is 0.269 e. The molecule has 0 atom stereocenters. The number of halogens is 3. The van der Waals surface area contributed by atoms with E-state index in [1.54, 1.807) is 0 Å². The van der Waals surface area contributed by atoms with Crippen LogP contribution in [-0.4, -0.2) is 0 Å². The summed E-state index contributed by atoms with van der Waals surface area (Å²) < 4.78 is 0. The zero-order valence-corrected chi connectivity index (χ0v) is 20.6. The number of hydrogen-bond donors (Lipinski definition) is 0. The summed E-state index contributed by atoms with van der Waals surface area (Å²) >= 11 is 15.1. The van der Waals surface area contributed by atoms with Gasteiger partial charge in [-0.05, 0) is 93.1 Å². The first kappa shape index (κ1) is 32.8. The predicted octanol–water partition coefficient (Wildman–Crippen LogP) is 9.04. The van der Waals surface area contributed by atoms with Gasteiger partial charge in [-0.15, -0.1) is 0 Å². The first-order valence-electron chi connectivity index (χ1n) is 8.83. The second-order valence-corrected chi connectivity index (χ2v) is 8.13. The molecule has 0 N–H and O–H groups in total. The summed E-state index contributed by atoms with van der Waals surface area (Å²) in [5, 5.41) is 0. The second kappa shape index (κ2) is 15.9. The Hall–Kier alpha value is -1.89. The van der Waals surface area contributed by atoms with Crippen molar-refractivity contribution >= 4 is 37.9 Å². The van der Waals surface area contributed by atoms with Crippen molar-refractivity contribution in [2.75, 3.05) is 0 Å². The molecular formula is C24H30F3S3. The van der Waals surface area contributed by atoms with Gasteiger partial charge in [0.2, 0.25) is 0 Å². The summed E-state index contributed by atoms with van der Waals surface area (Å²) in [6.45, 7) is 12.2. The van der Waals surface area contributed by atoms with Crippen LogP contribution in [0.4, 0.5) is 14.1 Å². The maximum absolute atomic E-state index is 5.04. The Labute approximate surface area is 195 Å². The zero-order chi connectivity index (χ0) is 20.6. The number of rotatable bonds is 0. The van der Waals surface area contributed by atoms with Crippen molar-refractivity contribution in [3.63, 3.8) is 0 Å². The Balaban J connectivity index is -0.000000347. The molecule has 0 saturated heterocycles. The highest BCUT2D eigenvalue weighted by Crippen LogP contribution is 2.14. The van der Waals surface area contributed by atoms with Crippen molar-refractivity contribution in [3.05, 3.63) is 88.0 Å². The SMILES string of the molecule is Cc1ccc(C)c([S])c1.Cc1ccc(C)c([S])c1.Cc1ccc(C)c([S])c1.F.F.F. The van der Waals surface area contributed by atoms with E-state index in [4.69, 9.17) is 37.9 Å². The Morgan fingerprint density at radius 1 is 0.400 bits per heavy atom. The molecule has 3 radical (unpaired) electrons. The smallest absolute Gasteiger partial charge is 0.0408 e. The van der Waals surface area contributed by atoms with E-state index in [9.17, 15) is 0 Å². The standard InChI is InChI=1S/3C8H9S.3FH/c3*1-6-3-4-7(2)8(9)5-6;;;/h3*3-5H,1-2H3;3*1H. The maximum Gasteiger partial charge on any atom is 0.0408 e. The maximum atomic E-state index is 5.04. The molecule has 6 heteroatoms. The molecule has 30 heavy (non-hydrogen) atoms. The van der Waals surface area contributed by atoms with Crippen molar-refractivity contribution < 1.29 is 14.1 Å². The molecule has 0 bridgehead atoms. The molecule has 3 aromatic carbocycles. The molecule has 0 aliphatic rings. The van der Waals surface area contributed by atoms with E-state index in [1.165, 1.54) is 33.4 Å². The van der Waals surface area contributed by atoms with Crippen LogP contribution in [0.1, 0.15) is 33.4 Å². The Morgan fingerprint density at radius 3 is 0.733 bits per heavy atom. The van der Waals surface area contributed by atoms with Gasteiger partial charge in [0.05, 0.1) is 0 Å². The lowest BCUT2D eigenvalue weighted by molar-refractivity contribution is 1.11. The molecule has 0 saturated carbocycles. The van der Waals surface area contributed by atoms with Gasteiger partial charge in [0, 0.05) is 14.7 Å². The highest BCUT2D eigenvalue weighted by atomic mass is 32.1. The van der Waals surface area contributed by atoms with E-state index < -0.39 is 0 Å². The van der Waals surface area contributed by atoms with Gasteiger partial charge in [0.25, 0.3) is 0 Å². The minimum absolute atomic E-state index is 0. The first-order valence-corrected chi connectivity index (χ1v) is 10.1. The van der Waals surface area contributed by atoms with E-state index in [2.05, 4.69) is 57.2 Å². The third-order valence-electron chi connectivity index (χ3n) is 4.03. The lowest BCUT2D eigenvalue weighted by Crippen LogP contribution is -1.76. The van der Waals surface area contributed by atoms with Gasteiger partial charge in [-0.1, -0.05) is 74.3 Å². The minimum atomic E-state index is 0. The Kier molecular flexibility index (Phi) is 17.3. The van der Waals surface area contributed by atoms with E-state index in [1.807, 2.05) is 39.0 Å². The van der Waals surface area contributed by atoms with E-state index >= 15 is 0 Å². The van der Waals surface area contributed by atoms with Gasteiger partial charge in [0.15, 0.2) is 0 Å². The van der Waals surface area contributed by atoms with Crippen LogP contribution in [0.25, 0.3) is 0 Å². The Bertz CT molecular complexity index is 779. The fraction of sp³-hybridized carbons (Fsp3) is 0.250. The molecule has 0 amide bonds. The normalized spacial score (nSPS) is 8.60. The lowest BCUT2D eigenvalue weighted by Gasteiger charge is -1.96. The van der Waals surface area contributed by atoms with Crippen LogP contribution in [0.2, 0.25) is 0 Å². The van der Waals surface area contributed by atoms with Crippen molar-refractivity contribution in [1.82, 2.24) is 0 Å². The highest BCUT2D eigenvalue weighted by Gasteiger charge is 1.92. The molecule has 0 heterocycles. The average Bonchev–Trinajstić information content (AvgIpc) is 2.60. The van der Waals surface area contributed by atoms with Gasteiger partial charge in [-0.3, -0.25) is 14.1 Å². The molecule has 0 aliphatic heterocycles. The summed E-state index contributed by atoms with van der Waals surface area (Å²) in [7, 11) is 0. The number of benzene rings is 3. The van der Waals surface area contributed by atoms with E-state index in [0.717, 1.165) is 14.7 Å². The quantitative estimate of drug-likeness (QED) is 0.307. The molecule has 3 aromatic rings. The second-order valence-electron chi connectivity index (χ2n) is 6.81. The number of hydrogen-bond acceptors (Lipinski definition) is 0. The van der Waals surface area contributed by atoms with E-state index in [0.29, 0.717) is 0 Å². The fourth-order valence-electron chi connectivity index (χ4n) is 2.12. The minimum Gasteiger partial charge on any atom is -0.269 e. The van der Waals surface area contributed by atoms with Gasteiger partial charge in [0.1, 0.15) is 0 Å². The topological polar surface area (TPSA) is 0 Å². The monoisotopic (exact) mass is 471 g/mol. The molecular weight excluding hydrogens is 441 g/mol. The molecule has 0 spiro atoms. The first-order chi connectivity index (χ1) is 12.6. The molecule has 0 aliphatic carbocycles. The molecule has 0 fully saturated rings. The van der Waals surface area contributed by atoms with Crippen molar-refractivity contribution in [2.45, 2.75) is 56.2 Å². The van der Waals surface area contributed by atoms with Crippen molar-refractivity contribution in [1.29, 1.82) is 0 Å². The van der Waals surface area contributed by atoms with Gasteiger partial charge >= 0.3 is 0 Å². The van der Waals surface area contributed by atoms with Crippen LogP contribution in [0.15, 0.2) is 69.3 Å². The summed E-state index contributed by atoms with van der Waals surface area (Å²) in [4.78, 5) is 2.90. The lowest BCUT2D eigenvalue weighted by atomic mass is 10.2. The van der Waals surface area contributed by atoms with Crippen LogP contribution in [0, 0.1) is 41.5 Å². The third kappa shape index (κ3) is 12.0. The highest BCUT2D eigenvalue weighted by molar-refractivity contribution is 7.80. The van der Waals surface area contributed by atoms with Crippen molar-refractivity contribution in [2.24, 2.45) is 0 Å². The van der Waals surface area contributed by atoms with E-state index in [-0.39, 0.29) is 14.1 Å². The van der Waals surface area contributed by atoms with Crippen LogP contribution in [-0.2, 0) is 0 Å². The summed E-state index contributed by atoms with van der Waals surface area (Å²) in [5.41, 5.74) is 7.30. The molecule has 3 rings (SSSR count). The number of aryl methyl sites for hydroxylation is 6. The zero-order valence-electron chi connectivity index (χ0n) is 18.1. The fourth-order valence-corrected chi connectivity index (χ4v) is 2.88. The Morgan fingerprint density at radius 2 is 0.600 bits per heavy atom. The van der Waals surface area contributed by atoms with Crippen LogP contribution in [0.3, 0.4) is 0 Å².